The summed E-state index contributed by atoms with van der Waals surface area (Å²) in [7, 11) is 0. The monoisotopic (exact) mass is 680 g/mol. The van der Waals surface area contributed by atoms with E-state index in [1.807, 2.05) is 17.4 Å². The number of nitrogens with zero attached hydrogens (tertiary/aromatic N) is 2. The van der Waals surface area contributed by atoms with Crippen LogP contribution in [0.15, 0.2) is 174 Å². The molecule has 0 atom stereocenters. The quantitative estimate of drug-likeness (QED) is 0.182. The van der Waals surface area contributed by atoms with Gasteiger partial charge < -0.3 is 13.6 Å². The molecule has 4 aromatic heterocycles. The molecule has 0 aliphatic carbocycles. The van der Waals surface area contributed by atoms with Crippen LogP contribution in [0.4, 0.5) is 0 Å². The van der Waals surface area contributed by atoms with Gasteiger partial charge in [-0.2, -0.15) is 0 Å². The first kappa shape index (κ1) is 28.1. The molecule has 0 saturated carbocycles. The van der Waals surface area contributed by atoms with E-state index in [-0.39, 0.29) is 0 Å². The van der Waals surface area contributed by atoms with Crippen LogP contribution in [0, 0.1) is 0 Å². The average Bonchev–Trinajstić information content (AvgIpc) is 3.95. The number of benzene rings is 8. The summed E-state index contributed by atoms with van der Waals surface area (Å²) in [6, 6.07) is 61.6. The Morgan fingerprint density at radius 1 is 0.404 bits per heavy atom. The zero-order valence-corrected chi connectivity index (χ0v) is 28.7. The number of fused-ring (bicyclic) bond motifs is 13. The van der Waals surface area contributed by atoms with Gasteiger partial charge in [-0.25, -0.2) is 0 Å². The summed E-state index contributed by atoms with van der Waals surface area (Å²) in [4.78, 5) is 0. The van der Waals surface area contributed by atoms with Crippen LogP contribution in [0.2, 0.25) is 0 Å². The van der Waals surface area contributed by atoms with Gasteiger partial charge >= 0.3 is 0 Å². The number of thiophene rings is 1. The molecule has 0 radical (unpaired) electrons. The van der Waals surface area contributed by atoms with Crippen LogP contribution in [0.3, 0.4) is 0 Å². The molecule has 0 aliphatic heterocycles. The highest BCUT2D eigenvalue weighted by Gasteiger charge is 2.21. The van der Waals surface area contributed by atoms with Gasteiger partial charge in [-0.1, -0.05) is 103 Å². The molecule has 12 aromatic rings. The molecule has 52 heavy (non-hydrogen) atoms. The lowest BCUT2D eigenvalue weighted by Gasteiger charge is -2.10. The van der Waals surface area contributed by atoms with Crippen molar-refractivity contribution in [2.75, 3.05) is 0 Å². The summed E-state index contributed by atoms with van der Waals surface area (Å²) in [5.74, 6) is 0. The second kappa shape index (κ2) is 10.5. The number of rotatable bonds is 3. The van der Waals surface area contributed by atoms with Crippen molar-refractivity contribution in [1.82, 2.24) is 9.13 Å². The fraction of sp³-hybridized carbons (Fsp3) is 0. The third kappa shape index (κ3) is 3.79. The maximum atomic E-state index is 6.62. The Morgan fingerprint density at radius 3 is 1.92 bits per heavy atom. The molecular formula is C48H28N2OS. The van der Waals surface area contributed by atoms with Crippen LogP contribution < -0.4 is 0 Å². The maximum Gasteiger partial charge on any atom is 0.159 e. The Balaban J connectivity index is 1.16. The number of hydrogen-bond donors (Lipinski definition) is 0. The topological polar surface area (TPSA) is 23.0 Å². The van der Waals surface area contributed by atoms with Crippen molar-refractivity contribution in [3.05, 3.63) is 170 Å². The number of hydrogen-bond acceptors (Lipinski definition) is 2. The highest BCUT2D eigenvalue weighted by atomic mass is 32.1. The van der Waals surface area contributed by atoms with Crippen molar-refractivity contribution in [2.45, 2.75) is 0 Å². The number of para-hydroxylation sites is 4. The summed E-state index contributed by atoms with van der Waals surface area (Å²) in [6.07, 6.45) is 0. The van der Waals surface area contributed by atoms with E-state index in [0.29, 0.717) is 0 Å². The highest BCUT2D eigenvalue weighted by molar-refractivity contribution is 7.26. The Labute approximate surface area is 301 Å². The molecule has 0 spiro atoms. The lowest BCUT2D eigenvalue weighted by atomic mass is 10.00. The Hall–Kier alpha value is -6.62. The molecule has 0 bridgehead atoms. The van der Waals surface area contributed by atoms with Gasteiger partial charge in [0.1, 0.15) is 5.58 Å². The molecule has 12 rings (SSSR count). The van der Waals surface area contributed by atoms with E-state index in [0.717, 1.165) is 27.6 Å². The SMILES string of the molecule is c1ccc(-n2c3ccccc3c3cc(-c4ccc5c(c4)c4c6sc7ccccc7c6ccc4n5-c4cccc5c4oc4ccccc45)ccc32)cc1. The van der Waals surface area contributed by atoms with Crippen LogP contribution >= 0.6 is 11.3 Å². The minimum atomic E-state index is 0.906. The predicted octanol–water partition coefficient (Wildman–Crippen LogP) is 13.8. The predicted molar refractivity (Wildman–Crippen MR) is 221 cm³/mol. The van der Waals surface area contributed by atoms with E-state index in [4.69, 9.17) is 4.42 Å². The van der Waals surface area contributed by atoms with Gasteiger partial charge in [0.2, 0.25) is 0 Å². The second-order valence-electron chi connectivity index (χ2n) is 13.7. The summed E-state index contributed by atoms with van der Waals surface area (Å²) in [5, 5.41) is 9.91. The fourth-order valence-corrected chi connectivity index (χ4v) is 9.90. The molecule has 4 heterocycles. The van der Waals surface area contributed by atoms with Crippen LogP contribution in [0.5, 0.6) is 0 Å². The lowest BCUT2D eigenvalue weighted by molar-refractivity contribution is 0.666. The van der Waals surface area contributed by atoms with E-state index < -0.39 is 0 Å². The molecule has 0 unspecified atom stereocenters. The first-order chi connectivity index (χ1) is 25.8. The first-order valence-electron chi connectivity index (χ1n) is 17.7. The lowest BCUT2D eigenvalue weighted by Crippen LogP contribution is -1.94. The summed E-state index contributed by atoms with van der Waals surface area (Å²) < 4.78 is 14.0. The van der Waals surface area contributed by atoms with Gasteiger partial charge in [-0.15, -0.1) is 11.3 Å². The molecule has 8 aromatic carbocycles. The maximum absolute atomic E-state index is 6.62. The molecule has 0 fully saturated rings. The minimum absolute atomic E-state index is 0.906. The zero-order chi connectivity index (χ0) is 33.9. The third-order valence-corrected chi connectivity index (χ3v) is 12.1. The van der Waals surface area contributed by atoms with Crippen molar-refractivity contribution >= 4 is 97.1 Å². The smallest absolute Gasteiger partial charge is 0.159 e. The van der Waals surface area contributed by atoms with E-state index in [1.165, 1.54) is 80.6 Å². The average molecular weight is 681 g/mol. The van der Waals surface area contributed by atoms with E-state index in [9.17, 15) is 0 Å². The molecular weight excluding hydrogens is 653 g/mol. The summed E-state index contributed by atoms with van der Waals surface area (Å²) >= 11 is 1.89. The van der Waals surface area contributed by atoms with Crippen molar-refractivity contribution in [1.29, 1.82) is 0 Å². The minimum Gasteiger partial charge on any atom is -0.454 e. The molecule has 0 N–H and O–H groups in total. The molecule has 3 nitrogen and oxygen atoms in total. The van der Waals surface area contributed by atoms with E-state index >= 15 is 0 Å². The molecule has 242 valence electrons. The Morgan fingerprint density at radius 2 is 1.06 bits per heavy atom. The largest absolute Gasteiger partial charge is 0.454 e. The van der Waals surface area contributed by atoms with Gasteiger partial charge in [0, 0.05) is 58.2 Å². The van der Waals surface area contributed by atoms with Crippen molar-refractivity contribution in [2.24, 2.45) is 0 Å². The van der Waals surface area contributed by atoms with Crippen LogP contribution in [-0.4, -0.2) is 9.13 Å². The number of aromatic nitrogens is 2. The normalized spacial score (nSPS) is 12.2. The van der Waals surface area contributed by atoms with E-state index in [2.05, 4.69) is 173 Å². The van der Waals surface area contributed by atoms with Crippen molar-refractivity contribution < 1.29 is 4.42 Å². The van der Waals surface area contributed by atoms with Crippen LogP contribution in [0.25, 0.3) is 108 Å². The van der Waals surface area contributed by atoms with Gasteiger partial charge in [0.05, 0.1) is 27.8 Å². The molecule has 0 saturated heterocycles. The third-order valence-electron chi connectivity index (χ3n) is 10.9. The van der Waals surface area contributed by atoms with Gasteiger partial charge in [0.15, 0.2) is 5.58 Å². The molecule has 0 aliphatic rings. The van der Waals surface area contributed by atoms with Crippen molar-refractivity contribution in [3.63, 3.8) is 0 Å². The summed E-state index contributed by atoms with van der Waals surface area (Å²) in [6.45, 7) is 0. The highest BCUT2D eigenvalue weighted by Crippen LogP contribution is 2.46. The second-order valence-corrected chi connectivity index (χ2v) is 14.7. The molecule has 4 heteroatoms. The Bertz CT molecular complexity index is 3410. The van der Waals surface area contributed by atoms with Crippen LogP contribution in [0.1, 0.15) is 0 Å². The van der Waals surface area contributed by atoms with Crippen molar-refractivity contribution in [3.8, 4) is 22.5 Å². The fourth-order valence-electron chi connectivity index (χ4n) is 8.64. The first-order valence-corrected chi connectivity index (χ1v) is 18.5. The van der Waals surface area contributed by atoms with Gasteiger partial charge in [0.25, 0.3) is 0 Å². The van der Waals surface area contributed by atoms with Gasteiger partial charge in [-0.05, 0) is 77.9 Å². The van der Waals surface area contributed by atoms with Gasteiger partial charge in [-0.3, -0.25) is 0 Å². The standard InChI is InChI=1S/C48H28N2OS/c1-2-11-31(12-3-1)49-39-17-7-4-13-32(39)37-27-29(21-24-40(37)49)30-22-25-41-38(28-30)46-42(26-23-36-34-15-6-9-20-45(34)52-48(36)46)50(41)43-18-10-16-35-33-14-5-8-19-44(33)51-47(35)43/h1-28H. The molecule has 0 amide bonds. The number of furan rings is 1. The zero-order valence-electron chi connectivity index (χ0n) is 27.9. The Kier molecular flexibility index (Phi) is 5.65. The van der Waals surface area contributed by atoms with E-state index in [1.54, 1.807) is 0 Å². The summed E-state index contributed by atoms with van der Waals surface area (Å²) in [5.41, 5.74) is 11.2. The van der Waals surface area contributed by atoms with Crippen LogP contribution in [-0.2, 0) is 0 Å².